The second kappa shape index (κ2) is 5.97. The van der Waals surface area contributed by atoms with E-state index in [0.717, 1.165) is 0 Å². The lowest BCUT2D eigenvalue weighted by Gasteiger charge is -2.23. The van der Waals surface area contributed by atoms with Gasteiger partial charge in [0.15, 0.2) is 5.82 Å². The molecule has 0 saturated carbocycles. The molecule has 6 heteroatoms. The van der Waals surface area contributed by atoms with E-state index in [9.17, 15) is 4.39 Å². The van der Waals surface area contributed by atoms with Crippen molar-refractivity contribution in [2.75, 3.05) is 24.6 Å². The Morgan fingerprint density at radius 1 is 1.59 bits per heavy atom. The van der Waals surface area contributed by atoms with Crippen molar-refractivity contribution < 1.29 is 9.50 Å². The van der Waals surface area contributed by atoms with E-state index < -0.39 is 5.82 Å². The Morgan fingerprint density at radius 3 is 2.71 bits per heavy atom. The Labute approximate surface area is 108 Å². The SMILES string of the molecule is CCN(CCO)c1ccc(C(=N)N)c(Br)c1F. The lowest BCUT2D eigenvalue weighted by molar-refractivity contribution is 0.302. The summed E-state index contributed by atoms with van der Waals surface area (Å²) in [6.07, 6.45) is 0. The van der Waals surface area contributed by atoms with Gasteiger partial charge in [0.25, 0.3) is 0 Å². The van der Waals surface area contributed by atoms with Crippen molar-refractivity contribution in [3.63, 3.8) is 0 Å². The number of benzene rings is 1. The first-order valence-corrected chi connectivity index (χ1v) is 6.00. The predicted octanol–water partition coefficient (Wildman–Crippen LogP) is 1.69. The molecule has 0 atom stereocenters. The predicted molar refractivity (Wildman–Crippen MR) is 70.1 cm³/mol. The molecule has 0 spiro atoms. The number of nitrogens with one attached hydrogen (secondary N) is 1. The summed E-state index contributed by atoms with van der Waals surface area (Å²) in [5, 5.41) is 16.2. The molecule has 0 saturated heterocycles. The van der Waals surface area contributed by atoms with Crippen molar-refractivity contribution in [1.29, 1.82) is 5.41 Å². The zero-order chi connectivity index (χ0) is 13.0. The minimum atomic E-state index is -0.465. The number of aliphatic hydroxyl groups is 1. The standard InChI is InChI=1S/C11H15BrFN3O/c1-2-16(5-6-17)8-4-3-7(11(14)15)9(12)10(8)13/h3-4,17H,2,5-6H2,1H3,(H3,14,15). The fourth-order valence-electron chi connectivity index (χ4n) is 1.56. The molecule has 94 valence electrons. The Morgan fingerprint density at radius 2 is 2.24 bits per heavy atom. The van der Waals surface area contributed by atoms with Crippen molar-refractivity contribution >= 4 is 27.5 Å². The maximum absolute atomic E-state index is 14.1. The average molecular weight is 304 g/mol. The van der Waals surface area contributed by atoms with Crippen LogP contribution in [0.4, 0.5) is 10.1 Å². The quantitative estimate of drug-likeness (QED) is 0.572. The van der Waals surface area contributed by atoms with E-state index in [2.05, 4.69) is 15.9 Å². The molecule has 0 heterocycles. The summed E-state index contributed by atoms with van der Waals surface area (Å²) in [5.74, 6) is -0.652. The lowest BCUT2D eigenvalue weighted by Crippen LogP contribution is -2.27. The highest BCUT2D eigenvalue weighted by Crippen LogP contribution is 2.29. The monoisotopic (exact) mass is 303 g/mol. The summed E-state index contributed by atoms with van der Waals surface area (Å²) >= 11 is 3.10. The number of nitrogens with zero attached hydrogens (tertiary/aromatic N) is 1. The smallest absolute Gasteiger partial charge is 0.161 e. The Balaban J connectivity index is 3.19. The molecular weight excluding hydrogens is 289 g/mol. The van der Waals surface area contributed by atoms with E-state index >= 15 is 0 Å². The highest BCUT2D eigenvalue weighted by atomic mass is 79.9. The van der Waals surface area contributed by atoms with Gasteiger partial charge in [0.2, 0.25) is 0 Å². The summed E-state index contributed by atoms with van der Waals surface area (Å²) in [6.45, 7) is 2.78. The van der Waals surface area contributed by atoms with Crippen molar-refractivity contribution in [1.82, 2.24) is 0 Å². The molecule has 4 nitrogen and oxygen atoms in total. The number of likely N-dealkylation sites (N-methyl/N-ethyl adjacent to an activating group) is 1. The Kier molecular flexibility index (Phi) is 4.89. The van der Waals surface area contributed by atoms with Gasteiger partial charge in [0.05, 0.1) is 16.8 Å². The molecule has 0 aliphatic heterocycles. The van der Waals surface area contributed by atoms with Crippen LogP contribution in [0.15, 0.2) is 16.6 Å². The molecule has 0 unspecified atom stereocenters. The Hall–Kier alpha value is -1.14. The van der Waals surface area contributed by atoms with Crippen LogP contribution in [0, 0.1) is 11.2 Å². The molecule has 17 heavy (non-hydrogen) atoms. The Bertz CT molecular complexity index is 425. The number of rotatable bonds is 5. The van der Waals surface area contributed by atoms with E-state index in [0.29, 0.717) is 24.3 Å². The molecule has 0 radical (unpaired) electrons. The molecule has 0 bridgehead atoms. The van der Waals surface area contributed by atoms with Crippen LogP contribution >= 0.6 is 15.9 Å². The highest BCUT2D eigenvalue weighted by molar-refractivity contribution is 9.10. The average Bonchev–Trinajstić information content (AvgIpc) is 2.29. The molecule has 0 aliphatic carbocycles. The van der Waals surface area contributed by atoms with Crippen molar-refractivity contribution in [3.05, 3.63) is 28.0 Å². The van der Waals surface area contributed by atoms with Gasteiger partial charge in [0, 0.05) is 18.7 Å². The molecule has 1 aromatic carbocycles. The number of halogens is 2. The number of amidine groups is 1. The second-order valence-corrected chi connectivity index (χ2v) is 4.27. The van der Waals surface area contributed by atoms with Crippen molar-refractivity contribution in [2.24, 2.45) is 5.73 Å². The third-order valence-corrected chi connectivity index (χ3v) is 3.22. The van der Waals surface area contributed by atoms with Crippen LogP contribution in [0.2, 0.25) is 0 Å². The first-order chi connectivity index (χ1) is 8.02. The van der Waals surface area contributed by atoms with Crippen LogP contribution in [-0.2, 0) is 0 Å². The third-order valence-electron chi connectivity index (χ3n) is 2.44. The first-order valence-electron chi connectivity index (χ1n) is 5.21. The maximum atomic E-state index is 14.1. The van der Waals surface area contributed by atoms with Crippen LogP contribution in [0.25, 0.3) is 0 Å². The van der Waals surface area contributed by atoms with Gasteiger partial charge in [-0.25, -0.2) is 4.39 Å². The van der Waals surface area contributed by atoms with Gasteiger partial charge >= 0.3 is 0 Å². The minimum absolute atomic E-state index is 0.0423. The largest absolute Gasteiger partial charge is 0.395 e. The van der Waals surface area contributed by atoms with E-state index in [-0.39, 0.29) is 16.9 Å². The minimum Gasteiger partial charge on any atom is -0.395 e. The van der Waals surface area contributed by atoms with Crippen molar-refractivity contribution in [2.45, 2.75) is 6.92 Å². The normalized spacial score (nSPS) is 10.4. The third kappa shape index (κ3) is 2.95. The number of hydrogen-bond donors (Lipinski definition) is 3. The summed E-state index contributed by atoms with van der Waals surface area (Å²) in [5.41, 5.74) is 6.05. The van der Waals surface area contributed by atoms with E-state index in [1.807, 2.05) is 6.92 Å². The fraction of sp³-hybridized carbons (Fsp3) is 0.364. The number of aliphatic hydroxyl groups excluding tert-OH is 1. The number of anilines is 1. The zero-order valence-corrected chi connectivity index (χ0v) is 11.1. The van der Waals surface area contributed by atoms with E-state index in [4.69, 9.17) is 16.2 Å². The van der Waals surface area contributed by atoms with Crippen molar-refractivity contribution in [3.8, 4) is 0 Å². The van der Waals surface area contributed by atoms with E-state index in [1.54, 1.807) is 17.0 Å². The fourth-order valence-corrected chi connectivity index (χ4v) is 2.11. The lowest BCUT2D eigenvalue weighted by atomic mass is 10.1. The van der Waals surface area contributed by atoms with Gasteiger partial charge in [0.1, 0.15) is 5.84 Å². The van der Waals surface area contributed by atoms with Gasteiger partial charge in [-0.3, -0.25) is 5.41 Å². The number of nitrogen functional groups attached to an aromatic ring is 1. The topological polar surface area (TPSA) is 73.3 Å². The summed E-state index contributed by atoms with van der Waals surface area (Å²) in [6, 6.07) is 3.15. The maximum Gasteiger partial charge on any atom is 0.161 e. The van der Waals surface area contributed by atoms with Crippen LogP contribution in [0.3, 0.4) is 0 Å². The molecule has 0 aliphatic rings. The molecule has 0 amide bonds. The molecule has 0 aromatic heterocycles. The summed E-state index contributed by atoms with van der Waals surface area (Å²) in [4.78, 5) is 1.71. The van der Waals surface area contributed by atoms with Gasteiger partial charge < -0.3 is 15.7 Å². The number of hydrogen-bond acceptors (Lipinski definition) is 3. The first kappa shape index (κ1) is 13.9. The van der Waals surface area contributed by atoms with Crippen LogP contribution in [-0.4, -0.2) is 30.6 Å². The van der Waals surface area contributed by atoms with Crippen LogP contribution in [0.1, 0.15) is 12.5 Å². The summed E-state index contributed by atoms with van der Waals surface area (Å²) < 4.78 is 14.2. The van der Waals surface area contributed by atoms with Crippen LogP contribution in [0.5, 0.6) is 0 Å². The van der Waals surface area contributed by atoms with Gasteiger partial charge in [-0.15, -0.1) is 0 Å². The molecule has 1 rings (SSSR count). The number of nitrogens with two attached hydrogens (primary N) is 1. The molecular formula is C11H15BrFN3O. The van der Waals surface area contributed by atoms with Gasteiger partial charge in [-0.1, -0.05) is 0 Å². The highest BCUT2D eigenvalue weighted by Gasteiger charge is 2.16. The van der Waals surface area contributed by atoms with Gasteiger partial charge in [-0.05, 0) is 35.0 Å². The molecule has 1 aromatic rings. The molecule has 0 fully saturated rings. The van der Waals surface area contributed by atoms with E-state index in [1.165, 1.54) is 0 Å². The molecule has 4 N–H and O–H groups in total. The van der Waals surface area contributed by atoms with Gasteiger partial charge in [-0.2, -0.15) is 0 Å². The second-order valence-electron chi connectivity index (χ2n) is 3.48. The summed E-state index contributed by atoms with van der Waals surface area (Å²) in [7, 11) is 0. The van der Waals surface area contributed by atoms with Crippen LogP contribution < -0.4 is 10.6 Å². The zero-order valence-electron chi connectivity index (χ0n) is 9.50.